The van der Waals surface area contributed by atoms with Crippen molar-refractivity contribution in [2.24, 2.45) is 16.3 Å². The fraction of sp³-hybridized carbons (Fsp3) is 0.947. The number of hydrogen-bond donors (Lipinski definition) is 0. The van der Waals surface area contributed by atoms with E-state index in [-0.39, 0.29) is 5.41 Å². The van der Waals surface area contributed by atoms with Crippen molar-refractivity contribution in [3.05, 3.63) is 0 Å². The summed E-state index contributed by atoms with van der Waals surface area (Å²) in [6.07, 6.45) is 12.3. The molecule has 1 rings (SSSR count). The van der Waals surface area contributed by atoms with Gasteiger partial charge in [0, 0.05) is 5.92 Å². The van der Waals surface area contributed by atoms with E-state index >= 15 is 0 Å². The molecule has 2 heteroatoms. The molecule has 0 aromatic heterocycles. The lowest BCUT2D eigenvalue weighted by atomic mass is 9.88. The van der Waals surface area contributed by atoms with E-state index in [9.17, 15) is 0 Å². The third-order valence-electron chi connectivity index (χ3n) is 4.58. The Balaban J connectivity index is 2.10. The number of ether oxygens (including phenoxy) is 1. The zero-order valence-electron chi connectivity index (χ0n) is 15.1. The molecule has 1 aliphatic heterocycles. The van der Waals surface area contributed by atoms with Crippen LogP contribution in [0.15, 0.2) is 4.99 Å². The Hall–Kier alpha value is -0.530. The lowest BCUT2D eigenvalue weighted by molar-refractivity contribution is 0.228. The summed E-state index contributed by atoms with van der Waals surface area (Å²) >= 11 is 0. The topological polar surface area (TPSA) is 21.6 Å². The largest absolute Gasteiger partial charge is 0.478 e. The Labute approximate surface area is 132 Å². The van der Waals surface area contributed by atoms with Crippen molar-refractivity contribution in [3.63, 3.8) is 0 Å². The molecule has 21 heavy (non-hydrogen) atoms. The van der Waals surface area contributed by atoms with E-state index in [1.54, 1.807) is 0 Å². The highest BCUT2D eigenvalue weighted by Crippen LogP contribution is 2.28. The van der Waals surface area contributed by atoms with E-state index in [0.717, 1.165) is 12.5 Å². The fourth-order valence-corrected chi connectivity index (χ4v) is 2.81. The van der Waals surface area contributed by atoms with Gasteiger partial charge in [0.15, 0.2) is 5.90 Å². The second kappa shape index (κ2) is 9.48. The quantitative estimate of drug-likeness (QED) is 0.453. The zero-order valence-corrected chi connectivity index (χ0v) is 15.1. The summed E-state index contributed by atoms with van der Waals surface area (Å²) < 4.78 is 5.83. The fourth-order valence-electron chi connectivity index (χ4n) is 2.81. The maximum absolute atomic E-state index is 5.83. The zero-order chi connectivity index (χ0) is 15.7. The van der Waals surface area contributed by atoms with Crippen LogP contribution in [0.4, 0.5) is 0 Å². The summed E-state index contributed by atoms with van der Waals surface area (Å²) in [6, 6.07) is 0.341. The van der Waals surface area contributed by atoms with Crippen LogP contribution in [0, 0.1) is 11.3 Å². The number of nitrogens with zero attached hydrogens (tertiary/aromatic N) is 1. The molecule has 0 aromatic rings. The van der Waals surface area contributed by atoms with Crippen molar-refractivity contribution in [3.8, 4) is 0 Å². The first kappa shape index (κ1) is 18.5. The lowest BCUT2D eigenvalue weighted by Crippen LogP contribution is -2.25. The van der Waals surface area contributed by atoms with Crippen molar-refractivity contribution in [2.45, 2.75) is 98.4 Å². The predicted molar refractivity (Wildman–Crippen MR) is 93.0 cm³/mol. The molecular formula is C19H37NO. The van der Waals surface area contributed by atoms with Gasteiger partial charge in [-0.05, 0) is 11.8 Å². The Morgan fingerprint density at radius 1 is 1.05 bits per heavy atom. The highest BCUT2D eigenvalue weighted by Gasteiger charge is 2.31. The van der Waals surface area contributed by atoms with Crippen LogP contribution in [0.25, 0.3) is 0 Å². The highest BCUT2D eigenvalue weighted by atomic mass is 16.5. The van der Waals surface area contributed by atoms with E-state index in [2.05, 4.69) is 34.6 Å². The standard InChI is InChI=1S/C19H37NO/c1-6-7-8-9-10-11-12-13-14-16(2)18-20-17(15-21-18)19(3,4)5/h16-17H,6-15H2,1-5H3. The monoisotopic (exact) mass is 295 g/mol. The predicted octanol–water partition coefficient (Wildman–Crippen LogP) is 6.00. The highest BCUT2D eigenvalue weighted by molar-refractivity contribution is 5.80. The minimum atomic E-state index is 0.222. The van der Waals surface area contributed by atoms with Gasteiger partial charge in [0.05, 0.1) is 6.04 Å². The first-order chi connectivity index (χ1) is 9.95. The van der Waals surface area contributed by atoms with Gasteiger partial charge in [0.25, 0.3) is 0 Å². The Kier molecular flexibility index (Phi) is 8.36. The summed E-state index contributed by atoms with van der Waals surface area (Å²) in [4.78, 5) is 4.80. The van der Waals surface area contributed by atoms with Crippen molar-refractivity contribution in [1.82, 2.24) is 0 Å². The molecule has 0 saturated carbocycles. The van der Waals surface area contributed by atoms with Crippen molar-refractivity contribution >= 4 is 5.90 Å². The van der Waals surface area contributed by atoms with Gasteiger partial charge in [-0.3, -0.25) is 0 Å². The molecule has 124 valence electrons. The first-order valence-electron chi connectivity index (χ1n) is 9.15. The molecule has 0 aromatic carbocycles. The summed E-state index contributed by atoms with van der Waals surface area (Å²) in [5, 5.41) is 0. The van der Waals surface area contributed by atoms with Gasteiger partial charge >= 0.3 is 0 Å². The molecule has 0 saturated heterocycles. The van der Waals surface area contributed by atoms with Gasteiger partial charge in [0.2, 0.25) is 0 Å². The first-order valence-corrected chi connectivity index (χ1v) is 9.15. The Morgan fingerprint density at radius 2 is 1.62 bits per heavy atom. The number of unbranched alkanes of at least 4 members (excludes halogenated alkanes) is 7. The summed E-state index contributed by atoms with van der Waals surface area (Å²) in [7, 11) is 0. The molecule has 0 spiro atoms. The van der Waals surface area contributed by atoms with Gasteiger partial charge in [-0.2, -0.15) is 0 Å². The molecule has 0 bridgehead atoms. The van der Waals surface area contributed by atoms with Gasteiger partial charge < -0.3 is 4.74 Å². The average Bonchev–Trinajstić information content (AvgIpc) is 2.91. The molecule has 0 fully saturated rings. The third kappa shape index (κ3) is 7.33. The second-order valence-electron chi connectivity index (χ2n) is 7.82. The maximum Gasteiger partial charge on any atom is 0.186 e. The van der Waals surface area contributed by atoms with Crippen LogP contribution in [0.1, 0.15) is 92.4 Å². The van der Waals surface area contributed by atoms with E-state index in [4.69, 9.17) is 9.73 Å². The Morgan fingerprint density at radius 3 is 2.14 bits per heavy atom. The Bertz CT molecular complexity index is 303. The normalized spacial score (nSPS) is 20.2. The van der Waals surface area contributed by atoms with Crippen molar-refractivity contribution in [1.29, 1.82) is 0 Å². The smallest absolute Gasteiger partial charge is 0.186 e. The molecule has 0 radical (unpaired) electrons. The molecule has 0 amide bonds. The summed E-state index contributed by atoms with van der Waals surface area (Å²) in [5.41, 5.74) is 0.222. The van der Waals surface area contributed by atoms with Crippen molar-refractivity contribution < 1.29 is 4.74 Å². The van der Waals surface area contributed by atoms with Crippen LogP contribution >= 0.6 is 0 Å². The molecule has 0 aliphatic carbocycles. The number of hydrogen-bond acceptors (Lipinski definition) is 2. The lowest BCUT2D eigenvalue weighted by Gasteiger charge is -2.21. The van der Waals surface area contributed by atoms with Crippen LogP contribution in [0.3, 0.4) is 0 Å². The molecular weight excluding hydrogens is 258 g/mol. The van der Waals surface area contributed by atoms with Gasteiger partial charge in [0.1, 0.15) is 6.61 Å². The molecule has 0 N–H and O–H groups in total. The van der Waals surface area contributed by atoms with Crippen LogP contribution in [0.2, 0.25) is 0 Å². The van der Waals surface area contributed by atoms with Gasteiger partial charge in [-0.15, -0.1) is 0 Å². The second-order valence-corrected chi connectivity index (χ2v) is 7.82. The minimum Gasteiger partial charge on any atom is -0.478 e. The number of aliphatic imine (C=N–C) groups is 1. The van der Waals surface area contributed by atoms with Crippen LogP contribution in [-0.4, -0.2) is 18.5 Å². The number of rotatable bonds is 10. The minimum absolute atomic E-state index is 0.222. The van der Waals surface area contributed by atoms with Crippen LogP contribution in [-0.2, 0) is 4.74 Å². The maximum atomic E-state index is 5.83. The molecule has 1 heterocycles. The molecule has 1 aliphatic rings. The average molecular weight is 296 g/mol. The van der Waals surface area contributed by atoms with Crippen LogP contribution in [0.5, 0.6) is 0 Å². The van der Waals surface area contributed by atoms with E-state index < -0.39 is 0 Å². The van der Waals surface area contributed by atoms with Crippen molar-refractivity contribution in [2.75, 3.05) is 6.61 Å². The summed E-state index contributed by atoms with van der Waals surface area (Å²) in [5.74, 6) is 1.51. The molecule has 2 unspecified atom stereocenters. The van der Waals surface area contributed by atoms with E-state index in [1.165, 1.54) is 57.8 Å². The summed E-state index contributed by atoms with van der Waals surface area (Å²) in [6.45, 7) is 12.1. The molecule has 2 nitrogen and oxygen atoms in total. The van der Waals surface area contributed by atoms with Gasteiger partial charge in [-0.25, -0.2) is 4.99 Å². The van der Waals surface area contributed by atoms with Gasteiger partial charge in [-0.1, -0.05) is 86.0 Å². The van der Waals surface area contributed by atoms with E-state index in [0.29, 0.717) is 12.0 Å². The third-order valence-corrected chi connectivity index (χ3v) is 4.58. The SMILES string of the molecule is CCCCCCCCCCC(C)C1=NC(C(C)(C)C)CO1. The van der Waals surface area contributed by atoms with E-state index in [1.807, 2.05) is 0 Å². The van der Waals surface area contributed by atoms with Crippen LogP contribution < -0.4 is 0 Å². The molecule has 2 atom stereocenters.